The van der Waals surface area contributed by atoms with Crippen LogP contribution in [0.4, 0.5) is 5.82 Å². The maximum Gasteiger partial charge on any atom is 0.225 e. The largest absolute Gasteiger partial charge is 0.492 e. The van der Waals surface area contributed by atoms with Crippen LogP contribution in [0.3, 0.4) is 0 Å². The number of aromatic nitrogens is 3. The highest BCUT2D eigenvalue weighted by molar-refractivity contribution is 7.89. The SMILES string of the molecule is C#CCS(=O)(=O)N1CCN(c2ccc(-c3cc(OCC)cn4ncc(C#N)c34)cn2)CC1. The van der Waals surface area contributed by atoms with E-state index in [1.165, 1.54) is 10.5 Å². The van der Waals surface area contributed by atoms with Crippen LogP contribution in [0, 0.1) is 23.7 Å². The van der Waals surface area contributed by atoms with Crippen LogP contribution >= 0.6 is 0 Å². The minimum Gasteiger partial charge on any atom is -0.492 e. The maximum atomic E-state index is 12.2. The van der Waals surface area contributed by atoms with Crippen molar-refractivity contribution in [1.82, 2.24) is 18.9 Å². The predicted octanol–water partition coefficient (Wildman–Crippen LogP) is 1.75. The Morgan fingerprint density at radius 1 is 1.22 bits per heavy atom. The highest BCUT2D eigenvalue weighted by Gasteiger charge is 2.26. The van der Waals surface area contributed by atoms with Gasteiger partial charge in [-0.3, -0.25) is 0 Å². The average Bonchev–Trinajstić information content (AvgIpc) is 3.22. The topological polar surface area (TPSA) is 104 Å². The Labute approximate surface area is 186 Å². The molecule has 0 unspecified atom stereocenters. The van der Waals surface area contributed by atoms with Gasteiger partial charge in [0, 0.05) is 43.5 Å². The molecule has 1 aliphatic heterocycles. The summed E-state index contributed by atoms with van der Waals surface area (Å²) in [6.07, 6.45) is 10.2. The highest BCUT2D eigenvalue weighted by Crippen LogP contribution is 2.31. The molecule has 0 amide bonds. The van der Waals surface area contributed by atoms with E-state index >= 15 is 0 Å². The molecule has 0 radical (unpaired) electrons. The molecule has 1 fully saturated rings. The van der Waals surface area contributed by atoms with E-state index in [0.29, 0.717) is 49.6 Å². The number of anilines is 1. The van der Waals surface area contributed by atoms with E-state index < -0.39 is 10.0 Å². The number of nitriles is 1. The van der Waals surface area contributed by atoms with Crippen molar-refractivity contribution in [2.75, 3.05) is 43.4 Å². The van der Waals surface area contributed by atoms with Gasteiger partial charge in [0.2, 0.25) is 10.0 Å². The van der Waals surface area contributed by atoms with Gasteiger partial charge in [0.05, 0.1) is 30.1 Å². The van der Waals surface area contributed by atoms with Gasteiger partial charge in [-0.05, 0) is 25.1 Å². The average molecular weight is 451 g/mol. The molecule has 1 saturated heterocycles. The molecule has 0 saturated carbocycles. The zero-order valence-corrected chi connectivity index (χ0v) is 18.4. The van der Waals surface area contributed by atoms with E-state index in [1.807, 2.05) is 30.0 Å². The first-order chi connectivity index (χ1) is 15.5. The Morgan fingerprint density at radius 3 is 2.62 bits per heavy atom. The van der Waals surface area contributed by atoms with Crippen molar-refractivity contribution in [3.05, 3.63) is 42.4 Å². The van der Waals surface area contributed by atoms with Gasteiger partial charge in [0.1, 0.15) is 23.4 Å². The molecule has 0 atom stereocenters. The molecule has 3 aromatic heterocycles. The van der Waals surface area contributed by atoms with Crippen molar-refractivity contribution >= 4 is 21.4 Å². The number of piperazine rings is 1. The van der Waals surface area contributed by atoms with Gasteiger partial charge in [-0.15, -0.1) is 6.42 Å². The Morgan fingerprint density at radius 2 is 2.00 bits per heavy atom. The number of sulfonamides is 1. The lowest BCUT2D eigenvalue weighted by molar-refractivity contribution is 0.338. The Hall–Kier alpha value is -3.60. The Balaban J connectivity index is 1.59. The number of terminal acetylenes is 1. The van der Waals surface area contributed by atoms with Crippen molar-refractivity contribution in [2.24, 2.45) is 0 Å². The van der Waals surface area contributed by atoms with Crippen LogP contribution in [-0.2, 0) is 10.0 Å². The summed E-state index contributed by atoms with van der Waals surface area (Å²) in [5, 5.41) is 13.7. The summed E-state index contributed by atoms with van der Waals surface area (Å²) in [5.41, 5.74) is 2.79. The molecule has 0 bridgehead atoms. The fraction of sp³-hybridized carbons (Fsp3) is 0.318. The predicted molar refractivity (Wildman–Crippen MR) is 121 cm³/mol. The second-order valence-corrected chi connectivity index (χ2v) is 9.21. The molecular formula is C22H22N6O3S. The summed E-state index contributed by atoms with van der Waals surface area (Å²) in [7, 11) is -3.41. The summed E-state index contributed by atoms with van der Waals surface area (Å²) in [4.78, 5) is 6.64. The fourth-order valence-electron chi connectivity index (χ4n) is 3.77. The quantitative estimate of drug-likeness (QED) is 0.527. The van der Waals surface area contributed by atoms with Gasteiger partial charge in [-0.1, -0.05) is 5.92 Å². The summed E-state index contributed by atoms with van der Waals surface area (Å²) in [6, 6.07) is 7.89. The molecule has 1 aliphatic rings. The van der Waals surface area contributed by atoms with Crippen LogP contribution in [0.5, 0.6) is 5.75 Å². The third-order valence-electron chi connectivity index (χ3n) is 5.30. The second-order valence-electron chi connectivity index (χ2n) is 7.24. The van der Waals surface area contributed by atoms with Gasteiger partial charge < -0.3 is 9.64 Å². The summed E-state index contributed by atoms with van der Waals surface area (Å²) >= 11 is 0. The van der Waals surface area contributed by atoms with E-state index in [1.54, 1.807) is 16.9 Å². The number of ether oxygens (including phenoxy) is 1. The summed E-state index contributed by atoms with van der Waals surface area (Å²) in [5.74, 6) is 3.33. The van der Waals surface area contributed by atoms with Crippen LogP contribution in [0.25, 0.3) is 16.6 Å². The van der Waals surface area contributed by atoms with Crippen molar-refractivity contribution in [2.45, 2.75) is 6.92 Å². The lowest BCUT2D eigenvalue weighted by Gasteiger charge is -2.34. The molecule has 4 heterocycles. The van der Waals surface area contributed by atoms with Crippen LogP contribution < -0.4 is 9.64 Å². The lowest BCUT2D eigenvalue weighted by atomic mass is 10.1. The molecule has 164 valence electrons. The number of pyridine rings is 2. The molecule has 0 spiro atoms. The molecule has 4 rings (SSSR count). The van der Waals surface area contributed by atoms with Crippen molar-refractivity contribution in [3.8, 4) is 35.3 Å². The van der Waals surface area contributed by atoms with Crippen LogP contribution in [0.15, 0.2) is 36.8 Å². The number of hydrogen-bond donors (Lipinski definition) is 0. The minimum atomic E-state index is -3.41. The molecule has 3 aromatic rings. The zero-order valence-electron chi connectivity index (χ0n) is 17.6. The summed E-state index contributed by atoms with van der Waals surface area (Å²) < 4.78 is 33.0. The van der Waals surface area contributed by atoms with Gasteiger partial charge in [-0.25, -0.2) is 17.9 Å². The smallest absolute Gasteiger partial charge is 0.225 e. The van der Waals surface area contributed by atoms with Crippen molar-refractivity contribution in [1.29, 1.82) is 5.26 Å². The standard InChI is InChI=1S/C22H22N6O3S/c1-3-11-32(29,30)27-9-7-26(8-10-27)21-6-5-17(14-24-21)20-12-19(31-4-2)16-28-22(20)18(13-23)15-25-28/h1,5-6,12,14-16H,4,7-11H2,2H3. The first-order valence-corrected chi connectivity index (χ1v) is 11.7. The van der Waals surface area contributed by atoms with E-state index in [0.717, 1.165) is 16.9 Å². The van der Waals surface area contributed by atoms with E-state index in [2.05, 4.69) is 22.1 Å². The van der Waals surface area contributed by atoms with Crippen molar-refractivity contribution in [3.63, 3.8) is 0 Å². The second kappa shape index (κ2) is 8.87. The fourth-order valence-corrected chi connectivity index (χ4v) is 4.88. The van der Waals surface area contributed by atoms with Gasteiger partial charge in [0.15, 0.2) is 0 Å². The normalized spacial score (nSPS) is 14.8. The first-order valence-electron chi connectivity index (χ1n) is 10.1. The molecule has 32 heavy (non-hydrogen) atoms. The molecule has 10 heteroatoms. The van der Waals surface area contributed by atoms with Crippen LogP contribution in [0.1, 0.15) is 12.5 Å². The maximum absolute atomic E-state index is 12.2. The number of rotatable bonds is 6. The highest BCUT2D eigenvalue weighted by atomic mass is 32.2. The van der Waals surface area contributed by atoms with Gasteiger partial charge >= 0.3 is 0 Å². The number of nitrogens with zero attached hydrogens (tertiary/aromatic N) is 6. The molecular weight excluding hydrogens is 428 g/mol. The van der Waals surface area contributed by atoms with Gasteiger partial charge in [0.25, 0.3) is 0 Å². The van der Waals surface area contributed by atoms with E-state index in [-0.39, 0.29) is 5.75 Å². The minimum absolute atomic E-state index is 0.283. The third kappa shape index (κ3) is 4.11. The number of fused-ring (bicyclic) bond motifs is 1. The van der Waals surface area contributed by atoms with Crippen molar-refractivity contribution < 1.29 is 13.2 Å². The monoisotopic (exact) mass is 450 g/mol. The van der Waals surface area contributed by atoms with Crippen LogP contribution in [0.2, 0.25) is 0 Å². The number of hydrogen-bond acceptors (Lipinski definition) is 7. The Bertz CT molecular complexity index is 1310. The molecule has 0 N–H and O–H groups in total. The molecule has 0 aliphatic carbocycles. The summed E-state index contributed by atoms with van der Waals surface area (Å²) in [6.45, 7) is 4.21. The molecule has 9 nitrogen and oxygen atoms in total. The molecule has 0 aromatic carbocycles. The Kier molecular flexibility index (Phi) is 5.99. The van der Waals surface area contributed by atoms with E-state index in [4.69, 9.17) is 11.2 Å². The van der Waals surface area contributed by atoms with Crippen LogP contribution in [-0.4, -0.2) is 65.9 Å². The zero-order chi connectivity index (χ0) is 22.7. The lowest BCUT2D eigenvalue weighted by Crippen LogP contribution is -2.49. The van der Waals surface area contributed by atoms with Gasteiger partial charge in [-0.2, -0.15) is 14.7 Å². The first kappa shape index (κ1) is 21.6. The third-order valence-corrected chi connectivity index (χ3v) is 6.98. The van der Waals surface area contributed by atoms with E-state index in [9.17, 15) is 13.7 Å².